The second kappa shape index (κ2) is 28.6. The summed E-state index contributed by atoms with van der Waals surface area (Å²) >= 11 is 7.38. The van der Waals surface area contributed by atoms with Crippen molar-refractivity contribution in [2.45, 2.75) is 172 Å². The van der Waals surface area contributed by atoms with Gasteiger partial charge in [-0.1, -0.05) is 98.1 Å². The van der Waals surface area contributed by atoms with E-state index in [0.717, 1.165) is 74.4 Å². The molecule has 8 bridgehead atoms. The molecule has 420 valence electrons. The van der Waals surface area contributed by atoms with Crippen molar-refractivity contribution in [3.63, 3.8) is 0 Å². The van der Waals surface area contributed by atoms with E-state index in [0.29, 0.717) is 23.7 Å². The molecule has 12 rings (SSSR count). The highest BCUT2D eigenvalue weighted by atomic mass is 32.2. The Kier molecular flexibility index (Phi) is 22.3. The summed E-state index contributed by atoms with van der Waals surface area (Å²) in [5.74, 6) is 6.00. The van der Waals surface area contributed by atoms with Crippen molar-refractivity contribution in [2.24, 2.45) is 23.7 Å². The Labute approximate surface area is 484 Å². The van der Waals surface area contributed by atoms with Gasteiger partial charge in [-0.2, -0.15) is 0 Å². The van der Waals surface area contributed by atoms with E-state index in [2.05, 4.69) is 177 Å². The quantitative estimate of drug-likeness (QED) is 0.0770. The Morgan fingerprint density at radius 1 is 0.397 bits per heavy atom. The highest BCUT2D eigenvalue weighted by molar-refractivity contribution is 8.00. The number of thioether (sulfide) groups is 4. The van der Waals surface area contributed by atoms with Crippen LogP contribution < -0.4 is 0 Å². The third-order valence-electron chi connectivity index (χ3n) is 16.9. The van der Waals surface area contributed by atoms with E-state index in [1.807, 2.05) is 71.3 Å². The molecule has 2 saturated carbocycles. The zero-order valence-corrected chi connectivity index (χ0v) is 50.2. The van der Waals surface area contributed by atoms with Crippen LogP contribution in [0.1, 0.15) is 106 Å². The van der Waals surface area contributed by atoms with Gasteiger partial charge in [-0.15, -0.1) is 60.2 Å². The summed E-state index contributed by atoms with van der Waals surface area (Å²) in [6.07, 6.45) is 16.2. The van der Waals surface area contributed by atoms with Gasteiger partial charge >= 0.3 is 0 Å². The van der Waals surface area contributed by atoms with E-state index in [9.17, 15) is 0 Å². The normalized spacial score (nSPS) is 33.3. The van der Waals surface area contributed by atoms with Crippen molar-refractivity contribution in [3.8, 4) is 0 Å². The molecule has 4 aliphatic carbocycles. The van der Waals surface area contributed by atoms with Crippen LogP contribution >= 0.6 is 47.0 Å². The molecule has 0 radical (unpaired) electrons. The molecule has 4 saturated heterocycles. The largest absolute Gasteiger partial charge is 0.229 e. The minimum atomic E-state index is -0.186. The molecular weight excluding hydrogens is 1050 g/mol. The fourth-order valence-electron chi connectivity index (χ4n) is 11.2. The van der Waals surface area contributed by atoms with Crippen LogP contribution in [0.2, 0.25) is 0 Å². The van der Waals surface area contributed by atoms with E-state index < -0.39 is 0 Å². The SMILES string of the molecule is C=C.C=C1CCC2CC1OO[C@@]2(C)CSc1ccccc1.C=C1CCC2CC1OO[C@]2(C)CSc1ccccc1.CC1=CCC2CC1OO[C@@]2(C)CSc1ccccc1.CC1=CCC2CC1OO[C@]2(C)CSc1ccccc1. The van der Waals surface area contributed by atoms with Gasteiger partial charge in [-0.25, -0.2) is 39.1 Å². The van der Waals surface area contributed by atoms with Gasteiger partial charge < -0.3 is 0 Å². The van der Waals surface area contributed by atoms with Crippen LogP contribution in [-0.2, 0) is 39.1 Å². The van der Waals surface area contributed by atoms with Crippen LogP contribution in [0.3, 0.4) is 0 Å². The van der Waals surface area contributed by atoms with Crippen LogP contribution in [0.5, 0.6) is 0 Å². The second-order valence-electron chi connectivity index (χ2n) is 22.8. The number of hydrogen-bond donors (Lipinski definition) is 0. The molecule has 8 aliphatic rings. The van der Waals surface area contributed by atoms with E-state index in [-0.39, 0.29) is 46.8 Å². The summed E-state index contributed by atoms with van der Waals surface area (Å²) in [5.41, 5.74) is 4.27. The Morgan fingerprint density at radius 2 is 0.654 bits per heavy atom. The van der Waals surface area contributed by atoms with Crippen LogP contribution in [-0.4, -0.2) is 69.8 Å². The van der Waals surface area contributed by atoms with Gasteiger partial charge in [0.05, 0.1) is 0 Å². The Balaban J connectivity index is 0.000000136. The third kappa shape index (κ3) is 16.0. The minimum Gasteiger partial charge on any atom is -0.229 e. The van der Waals surface area contributed by atoms with Crippen LogP contribution in [0.4, 0.5) is 0 Å². The highest BCUT2D eigenvalue weighted by Crippen LogP contribution is 2.48. The molecule has 78 heavy (non-hydrogen) atoms. The van der Waals surface area contributed by atoms with Crippen molar-refractivity contribution in [1.29, 1.82) is 0 Å². The Morgan fingerprint density at radius 3 is 0.949 bits per heavy atom. The number of fused-ring (bicyclic) bond motifs is 8. The molecule has 6 fully saturated rings. The van der Waals surface area contributed by atoms with Crippen molar-refractivity contribution in [3.05, 3.63) is 182 Å². The molecule has 0 N–H and O–H groups in total. The monoisotopic (exact) mass is 1130 g/mol. The number of benzene rings is 4. The van der Waals surface area contributed by atoms with E-state index >= 15 is 0 Å². The van der Waals surface area contributed by atoms with Gasteiger partial charge in [-0.3, -0.25) is 0 Å². The van der Waals surface area contributed by atoms with Gasteiger partial charge in [0.25, 0.3) is 0 Å². The second-order valence-corrected chi connectivity index (χ2v) is 27.0. The Hall–Kier alpha value is -3.34. The summed E-state index contributed by atoms with van der Waals surface area (Å²) in [5, 5.41) is 0. The molecule has 12 atom stereocenters. The van der Waals surface area contributed by atoms with Crippen molar-refractivity contribution < 1.29 is 39.1 Å². The molecule has 4 aromatic rings. The fraction of sp³-hybridized carbons (Fsp3) is 0.485. The molecule has 0 spiro atoms. The minimum absolute atomic E-state index is 0.119. The lowest BCUT2D eigenvalue weighted by molar-refractivity contribution is -0.411. The Bertz CT molecular complexity index is 2410. The number of allylic oxidation sites excluding steroid dienone is 2. The van der Waals surface area contributed by atoms with E-state index in [1.54, 1.807) is 0 Å². The van der Waals surface area contributed by atoms with Gasteiger partial charge in [0.15, 0.2) is 0 Å². The lowest BCUT2D eigenvalue weighted by atomic mass is 9.75. The molecule has 0 amide bonds. The van der Waals surface area contributed by atoms with Gasteiger partial charge in [0, 0.05) is 42.6 Å². The van der Waals surface area contributed by atoms with Crippen LogP contribution in [0.25, 0.3) is 0 Å². The molecule has 4 aliphatic heterocycles. The van der Waals surface area contributed by atoms with Gasteiger partial charge in [-0.05, 0) is 200 Å². The number of hydrogen-bond acceptors (Lipinski definition) is 12. The fourth-order valence-corrected chi connectivity index (χ4v) is 15.5. The molecule has 8 nitrogen and oxygen atoms in total. The lowest BCUT2D eigenvalue weighted by Crippen LogP contribution is -2.49. The maximum atomic E-state index is 5.76. The van der Waals surface area contributed by atoms with Crippen LogP contribution in [0, 0.1) is 23.7 Å². The first kappa shape index (κ1) is 60.7. The van der Waals surface area contributed by atoms with Crippen molar-refractivity contribution >= 4 is 47.0 Å². The molecule has 8 unspecified atom stereocenters. The van der Waals surface area contributed by atoms with Crippen molar-refractivity contribution in [1.82, 2.24) is 0 Å². The topological polar surface area (TPSA) is 73.8 Å². The maximum absolute atomic E-state index is 5.76. The first-order valence-corrected chi connectivity index (χ1v) is 31.9. The summed E-state index contributed by atoms with van der Waals surface area (Å²) < 4.78 is 0. The first-order valence-electron chi connectivity index (χ1n) is 28.0. The van der Waals surface area contributed by atoms with E-state index in [1.165, 1.54) is 54.7 Å². The first-order chi connectivity index (χ1) is 37.7. The average Bonchev–Trinajstić information content (AvgIpc) is 3.51. The summed E-state index contributed by atoms with van der Waals surface area (Å²) in [7, 11) is 0. The van der Waals surface area contributed by atoms with E-state index in [4.69, 9.17) is 39.1 Å². The zero-order chi connectivity index (χ0) is 55.2. The standard InChI is InChI=1S/4C16H20O2S.C2H4/c4*1-12-8-9-13-10-15(12)17-18-16(13,2)11-19-14-6-4-3-5-7-14;1-2/h2*3-8,13,15H,9-11H2,1-2H3;2*3-7,13,15H,1,8-11H2,2H3;1-2H2/t4*13?,15?,16-;/m1010./s1. The predicted octanol–water partition coefficient (Wildman–Crippen LogP) is 17.7. The summed E-state index contributed by atoms with van der Waals surface area (Å²) in [4.78, 5) is 50.4. The predicted molar refractivity (Wildman–Crippen MR) is 323 cm³/mol. The molecule has 4 heterocycles. The molecule has 12 heteroatoms. The maximum Gasteiger partial charge on any atom is 0.114 e. The van der Waals surface area contributed by atoms with Gasteiger partial charge in [0.2, 0.25) is 0 Å². The lowest BCUT2D eigenvalue weighted by Gasteiger charge is -2.46. The molecular formula is C66H84O8S4. The third-order valence-corrected chi connectivity index (χ3v) is 22.2. The van der Waals surface area contributed by atoms with Crippen molar-refractivity contribution in [2.75, 3.05) is 23.0 Å². The summed E-state index contributed by atoms with van der Waals surface area (Å²) in [6, 6.07) is 41.9. The number of rotatable bonds is 12. The summed E-state index contributed by atoms with van der Waals surface area (Å²) in [6.45, 7) is 27.1. The smallest absolute Gasteiger partial charge is 0.114 e. The molecule has 0 aromatic heterocycles. The zero-order valence-electron chi connectivity index (χ0n) is 46.9. The van der Waals surface area contributed by atoms with Crippen LogP contribution in [0.15, 0.2) is 202 Å². The highest BCUT2D eigenvalue weighted by Gasteiger charge is 2.48. The average molecular weight is 1130 g/mol. The molecule has 4 aromatic carbocycles. The van der Waals surface area contributed by atoms with Gasteiger partial charge in [0.1, 0.15) is 46.8 Å².